The number of hydrogen-bond donors (Lipinski definition) is 2. The van der Waals surface area contributed by atoms with Crippen LogP contribution in [0.1, 0.15) is 12.8 Å². The Bertz CT molecular complexity index is 935. The van der Waals surface area contributed by atoms with Crippen LogP contribution in [0, 0.1) is 5.41 Å². The molecule has 6 nitrogen and oxygen atoms in total. The summed E-state index contributed by atoms with van der Waals surface area (Å²) in [6, 6.07) is 20.5. The number of aliphatic carboxylic acids is 1. The first kappa shape index (κ1) is 17.4. The van der Waals surface area contributed by atoms with Gasteiger partial charge in [0.2, 0.25) is 0 Å². The van der Waals surface area contributed by atoms with Crippen LogP contribution in [0.3, 0.4) is 0 Å². The molecule has 0 aliphatic heterocycles. The highest BCUT2D eigenvalue weighted by molar-refractivity contribution is 5.66. The van der Waals surface area contributed by atoms with Crippen LogP contribution >= 0.6 is 0 Å². The standard InChI is InChI=1S/C20H19N3O3/c21-19-13-12-18(22-23(19)14-4-7-20(24)25)15-8-10-17(11-9-15)26-16-5-2-1-3-6-16/h1-3,5-6,8-13,21H,4,7,14H2,(H,24,25). The van der Waals surface area contributed by atoms with Gasteiger partial charge < -0.3 is 9.84 Å². The predicted molar refractivity (Wildman–Crippen MR) is 96.9 cm³/mol. The smallest absolute Gasteiger partial charge is 0.303 e. The summed E-state index contributed by atoms with van der Waals surface area (Å²) in [7, 11) is 0. The number of para-hydroxylation sites is 1. The normalized spacial score (nSPS) is 10.5. The Balaban J connectivity index is 1.74. The van der Waals surface area contributed by atoms with E-state index in [9.17, 15) is 4.79 Å². The molecule has 3 rings (SSSR count). The average molecular weight is 349 g/mol. The summed E-state index contributed by atoms with van der Waals surface area (Å²) in [5.74, 6) is 0.655. The van der Waals surface area contributed by atoms with Gasteiger partial charge in [0, 0.05) is 18.5 Å². The number of aryl methyl sites for hydroxylation is 1. The van der Waals surface area contributed by atoms with Crippen molar-refractivity contribution >= 4 is 5.97 Å². The van der Waals surface area contributed by atoms with E-state index < -0.39 is 5.97 Å². The molecule has 26 heavy (non-hydrogen) atoms. The molecule has 0 bridgehead atoms. The van der Waals surface area contributed by atoms with Gasteiger partial charge in [-0.3, -0.25) is 10.2 Å². The first-order valence-electron chi connectivity index (χ1n) is 8.30. The number of carboxylic acid groups (broad SMARTS) is 1. The number of benzene rings is 2. The zero-order chi connectivity index (χ0) is 18.4. The van der Waals surface area contributed by atoms with Gasteiger partial charge in [0.25, 0.3) is 0 Å². The molecule has 2 aromatic carbocycles. The second-order valence-electron chi connectivity index (χ2n) is 5.76. The van der Waals surface area contributed by atoms with E-state index in [4.69, 9.17) is 15.3 Å². The van der Waals surface area contributed by atoms with Crippen LogP contribution in [0.25, 0.3) is 11.3 Å². The molecule has 0 unspecified atom stereocenters. The Morgan fingerprint density at radius 1 is 1.00 bits per heavy atom. The second-order valence-corrected chi connectivity index (χ2v) is 5.76. The molecule has 0 amide bonds. The van der Waals surface area contributed by atoms with Crippen molar-refractivity contribution in [2.24, 2.45) is 0 Å². The first-order valence-corrected chi connectivity index (χ1v) is 8.30. The van der Waals surface area contributed by atoms with Crippen LogP contribution < -0.4 is 10.2 Å². The molecule has 0 saturated heterocycles. The Kier molecular flexibility index (Phi) is 5.43. The quantitative estimate of drug-likeness (QED) is 0.681. The van der Waals surface area contributed by atoms with E-state index in [2.05, 4.69) is 5.10 Å². The monoisotopic (exact) mass is 349 g/mol. The summed E-state index contributed by atoms with van der Waals surface area (Å²) < 4.78 is 7.30. The third-order valence-electron chi connectivity index (χ3n) is 3.80. The van der Waals surface area contributed by atoms with E-state index in [1.54, 1.807) is 12.1 Å². The fourth-order valence-electron chi connectivity index (χ4n) is 2.48. The molecule has 0 fully saturated rings. The van der Waals surface area contributed by atoms with E-state index in [-0.39, 0.29) is 11.9 Å². The van der Waals surface area contributed by atoms with E-state index in [1.165, 1.54) is 4.68 Å². The van der Waals surface area contributed by atoms with E-state index in [0.717, 1.165) is 22.8 Å². The number of aromatic nitrogens is 2. The highest BCUT2D eigenvalue weighted by Crippen LogP contribution is 2.24. The molecule has 6 heteroatoms. The van der Waals surface area contributed by atoms with Crippen LogP contribution in [-0.4, -0.2) is 20.9 Å². The molecule has 0 spiro atoms. The molecular weight excluding hydrogens is 330 g/mol. The highest BCUT2D eigenvalue weighted by atomic mass is 16.5. The summed E-state index contributed by atoms with van der Waals surface area (Å²) in [4.78, 5) is 10.6. The zero-order valence-corrected chi connectivity index (χ0v) is 14.1. The number of hydrogen-bond acceptors (Lipinski definition) is 4. The van der Waals surface area contributed by atoms with E-state index >= 15 is 0 Å². The lowest BCUT2D eigenvalue weighted by molar-refractivity contribution is -0.137. The molecule has 0 atom stereocenters. The van der Waals surface area contributed by atoms with Gasteiger partial charge in [-0.2, -0.15) is 5.10 Å². The number of nitrogens with one attached hydrogen (secondary N) is 1. The number of nitrogens with zero attached hydrogens (tertiary/aromatic N) is 2. The Morgan fingerprint density at radius 2 is 1.69 bits per heavy atom. The Morgan fingerprint density at radius 3 is 2.38 bits per heavy atom. The molecule has 132 valence electrons. The van der Waals surface area contributed by atoms with Crippen molar-refractivity contribution in [3.8, 4) is 22.8 Å². The number of ether oxygens (including phenoxy) is 1. The summed E-state index contributed by atoms with van der Waals surface area (Å²) in [6.45, 7) is 0.397. The maximum atomic E-state index is 10.6. The number of carbonyl (C=O) groups is 1. The van der Waals surface area contributed by atoms with E-state index in [1.807, 2.05) is 54.6 Å². The second kappa shape index (κ2) is 8.11. The van der Waals surface area contributed by atoms with Gasteiger partial charge in [-0.05, 0) is 55.0 Å². The minimum Gasteiger partial charge on any atom is -0.481 e. The molecule has 0 aliphatic rings. The third kappa shape index (κ3) is 4.57. The van der Waals surface area contributed by atoms with Gasteiger partial charge in [-0.1, -0.05) is 18.2 Å². The summed E-state index contributed by atoms with van der Waals surface area (Å²) in [5, 5.41) is 21.1. The minimum atomic E-state index is -0.845. The molecular formula is C20H19N3O3. The predicted octanol–water partition coefficient (Wildman–Crippen LogP) is 3.69. The highest BCUT2D eigenvalue weighted by Gasteiger charge is 2.05. The lowest BCUT2D eigenvalue weighted by atomic mass is 10.1. The summed E-state index contributed by atoms with van der Waals surface area (Å²) in [5.41, 5.74) is 1.88. The minimum absolute atomic E-state index is 0.0594. The average Bonchev–Trinajstić information content (AvgIpc) is 2.65. The topological polar surface area (TPSA) is 88.2 Å². The van der Waals surface area contributed by atoms with Crippen molar-refractivity contribution in [2.75, 3.05) is 0 Å². The summed E-state index contributed by atoms with van der Waals surface area (Å²) >= 11 is 0. The van der Waals surface area contributed by atoms with Crippen molar-refractivity contribution in [1.82, 2.24) is 9.78 Å². The van der Waals surface area contributed by atoms with Crippen LogP contribution in [0.4, 0.5) is 0 Å². The van der Waals surface area contributed by atoms with Crippen molar-refractivity contribution in [1.29, 1.82) is 5.41 Å². The Labute approximate surface area is 150 Å². The fraction of sp³-hybridized carbons (Fsp3) is 0.150. The lowest BCUT2D eigenvalue weighted by Gasteiger charge is -2.09. The number of carboxylic acids is 1. The maximum absolute atomic E-state index is 10.6. The Hall–Kier alpha value is -3.41. The van der Waals surface area contributed by atoms with Crippen LogP contribution in [0.2, 0.25) is 0 Å². The largest absolute Gasteiger partial charge is 0.481 e. The molecule has 1 heterocycles. The zero-order valence-electron chi connectivity index (χ0n) is 14.1. The van der Waals surface area contributed by atoms with Gasteiger partial charge in [-0.15, -0.1) is 0 Å². The first-order chi connectivity index (χ1) is 12.6. The van der Waals surface area contributed by atoms with Crippen LogP contribution in [-0.2, 0) is 11.3 Å². The maximum Gasteiger partial charge on any atom is 0.303 e. The molecule has 3 aromatic rings. The molecule has 0 aliphatic carbocycles. The van der Waals surface area contributed by atoms with Gasteiger partial charge in [0.15, 0.2) is 0 Å². The van der Waals surface area contributed by atoms with Crippen LogP contribution in [0.5, 0.6) is 11.5 Å². The number of rotatable bonds is 7. The van der Waals surface area contributed by atoms with Gasteiger partial charge in [0.05, 0.1) is 5.69 Å². The summed E-state index contributed by atoms with van der Waals surface area (Å²) in [6.07, 6.45) is 0.496. The lowest BCUT2D eigenvalue weighted by Crippen LogP contribution is -2.22. The third-order valence-corrected chi connectivity index (χ3v) is 3.80. The molecule has 1 aromatic heterocycles. The van der Waals surface area contributed by atoms with Crippen LogP contribution in [0.15, 0.2) is 66.7 Å². The molecule has 2 N–H and O–H groups in total. The van der Waals surface area contributed by atoms with Crippen molar-refractivity contribution in [3.63, 3.8) is 0 Å². The van der Waals surface area contributed by atoms with Gasteiger partial charge >= 0.3 is 5.97 Å². The van der Waals surface area contributed by atoms with Crippen molar-refractivity contribution < 1.29 is 14.6 Å². The molecule has 0 saturated carbocycles. The molecule has 0 radical (unpaired) electrons. The van der Waals surface area contributed by atoms with Crippen molar-refractivity contribution in [3.05, 3.63) is 72.2 Å². The van der Waals surface area contributed by atoms with Crippen molar-refractivity contribution in [2.45, 2.75) is 19.4 Å². The van der Waals surface area contributed by atoms with Gasteiger partial charge in [-0.25, -0.2) is 4.68 Å². The fourth-order valence-corrected chi connectivity index (χ4v) is 2.48. The SMILES string of the molecule is N=c1ccc(-c2ccc(Oc3ccccc3)cc2)nn1CCCC(=O)O. The van der Waals surface area contributed by atoms with Gasteiger partial charge in [0.1, 0.15) is 17.0 Å². The van der Waals surface area contributed by atoms with E-state index in [0.29, 0.717) is 13.0 Å².